The normalized spacial score (nSPS) is 10.4. The highest BCUT2D eigenvalue weighted by Crippen LogP contribution is 2.31. The predicted octanol–water partition coefficient (Wildman–Crippen LogP) is 3.46. The molecule has 0 aliphatic rings. The average molecular weight is 386 g/mol. The minimum atomic E-state index is -0.467. The van der Waals surface area contributed by atoms with E-state index in [1.165, 1.54) is 32.2 Å². The largest absolute Gasteiger partial charge is 0.497 e. The van der Waals surface area contributed by atoms with Crippen molar-refractivity contribution in [3.05, 3.63) is 48.1 Å². The number of benzene rings is 2. The van der Waals surface area contributed by atoms with Crippen LogP contribution in [0, 0.1) is 5.82 Å². The number of ether oxygens (including phenoxy) is 2. The van der Waals surface area contributed by atoms with Crippen molar-refractivity contribution in [2.24, 2.45) is 0 Å². The summed E-state index contributed by atoms with van der Waals surface area (Å²) in [6, 6.07) is 9.45. The first-order valence-electron chi connectivity index (χ1n) is 8.36. The molecule has 0 unspecified atom stereocenters. The Bertz CT molecular complexity index is 990. The second-order valence-corrected chi connectivity index (χ2v) is 5.81. The van der Waals surface area contributed by atoms with Gasteiger partial charge in [0.05, 0.1) is 32.0 Å². The fourth-order valence-electron chi connectivity index (χ4n) is 2.53. The number of hydrogen-bond acceptors (Lipinski definition) is 7. The van der Waals surface area contributed by atoms with Crippen molar-refractivity contribution in [2.75, 3.05) is 24.9 Å². The lowest BCUT2D eigenvalue weighted by Crippen LogP contribution is -2.07. The zero-order chi connectivity index (χ0) is 20.1. The number of methoxy groups -OCH3 is 2. The van der Waals surface area contributed by atoms with Crippen molar-refractivity contribution in [1.82, 2.24) is 10.1 Å². The molecule has 2 aromatic carbocycles. The first-order valence-corrected chi connectivity index (χ1v) is 8.36. The van der Waals surface area contributed by atoms with E-state index in [1.54, 1.807) is 25.3 Å². The molecule has 0 aliphatic carbocycles. The summed E-state index contributed by atoms with van der Waals surface area (Å²) >= 11 is 0. The van der Waals surface area contributed by atoms with Crippen molar-refractivity contribution in [2.45, 2.75) is 13.5 Å². The number of anilines is 2. The lowest BCUT2D eigenvalue weighted by atomic mass is 10.2. The van der Waals surface area contributed by atoms with Crippen molar-refractivity contribution < 1.29 is 23.2 Å². The zero-order valence-corrected chi connectivity index (χ0v) is 15.6. The Morgan fingerprint density at radius 3 is 2.71 bits per heavy atom. The molecule has 8 nitrogen and oxygen atoms in total. The van der Waals surface area contributed by atoms with Crippen molar-refractivity contribution in [3.8, 4) is 22.9 Å². The summed E-state index contributed by atoms with van der Waals surface area (Å²) in [5.41, 5.74) is 1.32. The smallest absolute Gasteiger partial charge is 0.246 e. The highest BCUT2D eigenvalue weighted by Gasteiger charge is 2.15. The Balaban J connectivity index is 1.75. The van der Waals surface area contributed by atoms with Crippen LogP contribution in [-0.2, 0) is 11.3 Å². The van der Waals surface area contributed by atoms with Crippen LogP contribution >= 0.6 is 0 Å². The number of carbonyl (C=O) groups excluding carboxylic acids is 1. The fraction of sp³-hybridized carbons (Fsp3) is 0.211. The van der Waals surface area contributed by atoms with E-state index in [0.29, 0.717) is 28.6 Å². The van der Waals surface area contributed by atoms with Crippen LogP contribution in [0.25, 0.3) is 11.4 Å². The Morgan fingerprint density at radius 1 is 1.18 bits per heavy atom. The molecule has 0 saturated heterocycles. The van der Waals surface area contributed by atoms with Gasteiger partial charge in [-0.25, -0.2) is 4.39 Å². The maximum atomic E-state index is 14.0. The first-order chi connectivity index (χ1) is 13.5. The van der Waals surface area contributed by atoms with Gasteiger partial charge in [-0.15, -0.1) is 0 Å². The van der Waals surface area contributed by atoms with Gasteiger partial charge in [-0.1, -0.05) is 5.16 Å². The minimum absolute atomic E-state index is 0.103. The van der Waals surface area contributed by atoms with Gasteiger partial charge in [-0.3, -0.25) is 4.79 Å². The molecule has 9 heteroatoms. The van der Waals surface area contributed by atoms with E-state index in [1.807, 2.05) is 0 Å². The van der Waals surface area contributed by atoms with E-state index in [-0.39, 0.29) is 24.0 Å². The van der Waals surface area contributed by atoms with Gasteiger partial charge < -0.3 is 24.6 Å². The van der Waals surface area contributed by atoms with Gasteiger partial charge in [0.15, 0.2) is 0 Å². The van der Waals surface area contributed by atoms with Gasteiger partial charge in [0.25, 0.3) is 0 Å². The predicted molar refractivity (Wildman–Crippen MR) is 101 cm³/mol. The molecule has 0 atom stereocenters. The van der Waals surface area contributed by atoms with Gasteiger partial charge in [0.2, 0.25) is 17.6 Å². The van der Waals surface area contributed by atoms with E-state index in [0.717, 1.165) is 0 Å². The quantitative estimate of drug-likeness (QED) is 0.641. The Kier molecular flexibility index (Phi) is 5.73. The molecular formula is C19H19FN4O4. The summed E-state index contributed by atoms with van der Waals surface area (Å²) in [6.07, 6.45) is 0. The number of aromatic nitrogens is 2. The Hall–Kier alpha value is -3.62. The van der Waals surface area contributed by atoms with E-state index in [4.69, 9.17) is 14.0 Å². The molecule has 0 saturated carbocycles. The molecular weight excluding hydrogens is 367 g/mol. The van der Waals surface area contributed by atoms with Crippen molar-refractivity contribution in [1.29, 1.82) is 0 Å². The monoisotopic (exact) mass is 386 g/mol. The van der Waals surface area contributed by atoms with Crippen LogP contribution < -0.4 is 20.1 Å². The molecule has 1 amide bonds. The lowest BCUT2D eigenvalue weighted by Gasteiger charge is -2.08. The van der Waals surface area contributed by atoms with Gasteiger partial charge in [0, 0.05) is 18.7 Å². The fourth-order valence-corrected chi connectivity index (χ4v) is 2.53. The van der Waals surface area contributed by atoms with Crippen molar-refractivity contribution >= 4 is 17.3 Å². The molecule has 2 N–H and O–H groups in total. The van der Waals surface area contributed by atoms with Crippen LogP contribution in [0.1, 0.15) is 12.8 Å². The van der Waals surface area contributed by atoms with E-state index in [2.05, 4.69) is 20.8 Å². The number of halogens is 1. The van der Waals surface area contributed by atoms with Crippen LogP contribution in [0.3, 0.4) is 0 Å². The number of carbonyl (C=O) groups is 1. The first kappa shape index (κ1) is 19.2. The highest BCUT2D eigenvalue weighted by atomic mass is 19.1. The van der Waals surface area contributed by atoms with Crippen LogP contribution in [0.4, 0.5) is 15.8 Å². The summed E-state index contributed by atoms with van der Waals surface area (Å²) in [6.45, 7) is 1.48. The maximum absolute atomic E-state index is 14.0. The molecule has 3 aromatic rings. The third kappa shape index (κ3) is 4.37. The third-order valence-corrected chi connectivity index (χ3v) is 3.83. The summed E-state index contributed by atoms with van der Waals surface area (Å²) in [7, 11) is 3.10. The summed E-state index contributed by atoms with van der Waals surface area (Å²) < 4.78 is 29.7. The minimum Gasteiger partial charge on any atom is -0.497 e. The zero-order valence-electron chi connectivity index (χ0n) is 15.6. The van der Waals surface area contributed by atoms with Crippen LogP contribution in [-0.4, -0.2) is 30.3 Å². The summed E-state index contributed by atoms with van der Waals surface area (Å²) in [4.78, 5) is 15.4. The molecule has 3 rings (SSSR count). The molecule has 0 fully saturated rings. The van der Waals surface area contributed by atoms with E-state index in [9.17, 15) is 9.18 Å². The molecule has 0 bridgehead atoms. The second kappa shape index (κ2) is 8.38. The highest BCUT2D eigenvalue weighted by molar-refractivity contribution is 5.89. The summed E-state index contributed by atoms with van der Waals surface area (Å²) in [5.74, 6) is 1.06. The SMILES string of the molecule is COc1ccc(-c2noc(CNc3cc(NC(C)=O)ccc3F)n2)c(OC)c1. The van der Waals surface area contributed by atoms with Crippen LogP contribution in [0.2, 0.25) is 0 Å². The number of nitrogens with zero attached hydrogens (tertiary/aromatic N) is 2. The molecule has 0 radical (unpaired) electrons. The van der Waals surface area contributed by atoms with Gasteiger partial charge >= 0.3 is 0 Å². The van der Waals surface area contributed by atoms with Crippen LogP contribution in [0.5, 0.6) is 11.5 Å². The average Bonchev–Trinajstić information content (AvgIpc) is 3.16. The topological polar surface area (TPSA) is 98.5 Å². The summed E-state index contributed by atoms with van der Waals surface area (Å²) in [5, 5.41) is 9.42. The standard InChI is InChI=1S/C19H19FN4O4/c1-11(25)22-12-4-7-15(20)16(8-12)21-10-18-23-19(24-28-18)14-6-5-13(26-2)9-17(14)27-3/h4-9,21H,10H2,1-3H3,(H,22,25). The van der Waals surface area contributed by atoms with E-state index >= 15 is 0 Å². The lowest BCUT2D eigenvalue weighted by molar-refractivity contribution is -0.114. The van der Waals surface area contributed by atoms with Gasteiger partial charge in [0.1, 0.15) is 17.3 Å². The second-order valence-electron chi connectivity index (χ2n) is 5.81. The van der Waals surface area contributed by atoms with Crippen molar-refractivity contribution in [3.63, 3.8) is 0 Å². The molecule has 146 valence electrons. The maximum Gasteiger partial charge on any atom is 0.246 e. The molecule has 1 aromatic heterocycles. The van der Waals surface area contributed by atoms with Crippen LogP contribution in [0.15, 0.2) is 40.9 Å². The number of nitrogens with one attached hydrogen (secondary N) is 2. The Morgan fingerprint density at radius 2 is 2.00 bits per heavy atom. The van der Waals surface area contributed by atoms with E-state index < -0.39 is 5.82 Å². The number of hydrogen-bond donors (Lipinski definition) is 2. The number of amides is 1. The molecule has 28 heavy (non-hydrogen) atoms. The van der Waals surface area contributed by atoms with Gasteiger partial charge in [-0.05, 0) is 30.3 Å². The third-order valence-electron chi connectivity index (χ3n) is 3.83. The van der Waals surface area contributed by atoms with Gasteiger partial charge in [-0.2, -0.15) is 4.98 Å². The molecule has 0 aliphatic heterocycles. The Labute approximate surface area is 160 Å². The molecule has 0 spiro atoms. The number of rotatable bonds is 7. The molecule has 1 heterocycles.